The number of amides is 3. The molecule has 0 aromatic heterocycles. The molecule has 0 saturated carbocycles. The Bertz CT molecular complexity index is 1170. The van der Waals surface area contributed by atoms with Crippen molar-refractivity contribution in [1.82, 2.24) is 9.80 Å². The predicted octanol–water partition coefficient (Wildman–Crippen LogP) is 2.65. The predicted molar refractivity (Wildman–Crippen MR) is 140 cm³/mol. The van der Waals surface area contributed by atoms with Crippen LogP contribution in [0.5, 0.6) is 0 Å². The topological polar surface area (TPSA) is 90.4 Å². The lowest BCUT2D eigenvalue weighted by Crippen LogP contribution is -2.60. The van der Waals surface area contributed by atoms with Crippen LogP contribution in [0, 0.1) is 17.8 Å². The summed E-state index contributed by atoms with van der Waals surface area (Å²) in [7, 11) is 1.72. The zero-order valence-corrected chi connectivity index (χ0v) is 22.4. The molecule has 6 atom stereocenters. The highest BCUT2D eigenvalue weighted by Crippen LogP contribution is 2.59. The molecule has 0 radical (unpaired) electrons. The summed E-state index contributed by atoms with van der Waals surface area (Å²) in [6.45, 7) is 6.15. The average molecular weight is 528 g/mol. The first-order valence-electron chi connectivity index (χ1n) is 12.9. The minimum absolute atomic E-state index is 0.128. The van der Waals surface area contributed by atoms with E-state index >= 15 is 0 Å². The van der Waals surface area contributed by atoms with Crippen molar-refractivity contribution < 1.29 is 24.2 Å². The standard InChI is InChI=1S/C28H34ClN3O5/c1-5-27-12-6-14-30(4)24(34)21(27)22-25(35)32(20(16-33)17(2)3)23-26(36)31(15-7-13-28(22,23)37-27)19-10-8-18(29)9-11-19/h6-13,17,20-23,33H,5,14-16H2,1-4H3/t20-,21-,22-,23?,27+,28-/m0/s1. The molecule has 3 amide bonds. The SMILES string of the molecule is CC[C@@]12C=CCN(C)C(=O)[C@@H]1[C@H]1C(=O)N([C@@H](CO)C(C)C)C3C(=O)N(c4ccc(Cl)cc4)CC=C[C@@]31O2. The van der Waals surface area contributed by atoms with Crippen molar-refractivity contribution in [3.05, 3.63) is 53.6 Å². The number of hydrogen-bond donors (Lipinski definition) is 1. The van der Waals surface area contributed by atoms with E-state index in [-0.39, 0.29) is 36.8 Å². The number of likely N-dealkylation sites (N-methyl/N-ethyl adjacent to an activating group) is 1. The summed E-state index contributed by atoms with van der Waals surface area (Å²) in [5, 5.41) is 10.9. The minimum Gasteiger partial charge on any atom is -0.394 e. The molecule has 4 heterocycles. The molecule has 198 valence electrons. The van der Waals surface area contributed by atoms with E-state index < -0.39 is 35.1 Å². The van der Waals surface area contributed by atoms with E-state index in [1.807, 2.05) is 45.1 Å². The van der Waals surface area contributed by atoms with Crippen molar-refractivity contribution in [2.45, 2.75) is 50.5 Å². The van der Waals surface area contributed by atoms with Crippen LogP contribution in [0.3, 0.4) is 0 Å². The Morgan fingerprint density at radius 3 is 2.32 bits per heavy atom. The molecule has 2 saturated heterocycles. The summed E-state index contributed by atoms with van der Waals surface area (Å²) in [4.78, 5) is 47.3. The minimum atomic E-state index is -1.35. The van der Waals surface area contributed by atoms with Gasteiger partial charge in [-0.05, 0) is 36.6 Å². The van der Waals surface area contributed by atoms with Crippen molar-refractivity contribution in [2.24, 2.45) is 17.8 Å². The van der Waals surface area contributed by atoms with Gasteiger partial charge in [0, 0.05) is 30.8 Å². The first-order chi connectivity index (χ1) is 17.6. The number of hydrogen-bond acceptors (Lipinski definition) is 5. The van der Waals surface area contributed by atoms with Gasteiger partial charge in [0.15, 0.2) is 0 Å². The molecule has 1 aromatic carbocycles. The lowest BCUT2D eigenvalue weighted by molar-refractivity contribution is -0.153. The molecule has 37 heavy (non-hydrogen) atoms. The summed E-state index contributed by atoms with van der Waals surface area (Å²) < 4.78 is 6.91. The Labute approximate surface area is 222 Å². The highest BCUT2D eigenvalue weighted by Gasteiger charge is 2.76. The Hall–Kier alpha value is -2.68. The average Bonchev–Trinajstić information content (AvgIpc) is 3.17. The number of carbonyl (C=O) groups is 3. The van der Waals surface area contributed by atoms with E-state index in [2.05, 4.69) is 0 Å². The molecule has 0 bridgehead atoms. The van der Waals surface area contributed by atoms with E-state index in [0.717, 1.165) is 0 Å². The molecule has 1 aromatic rings. The third-order valence-electron chi connectivity index (χ3n) is 8.53. The van der Waals surface area contributed by atoms with E-state index in [4.69, 9.17) is 16.3 Å². The van der Waals surface area contributed by atoms with Crippen LogP contribution in [0.4, 0.5) is 5.69 Å². The second-order valence-electron chi connectivity index (χ2n) is 10.8. The van der Waals surface area contributed by atoms with Gasteiger partial charge in [-0.2, -0.15) is 0 Å². The van der Waals surface area contributed by atoms with Crippen LogP contribution in [-0.4, -0.2) is 82.7 Å². The molecular formula is C28H34ClN3O5. The van der Waals surface area contributed by atoms with Crippen LogP contribution in [-0.2, 0) is 19.1 Å². The third kappa shape index (κ3) is 3.67. The number of anilines is 1. The van der Waals surface area contributed by atoms with Crippen molar-refractivity contribution in [2.75, 3.05) is 31.6 Å². The fourth-order valence-electron chi connectivity index (χ4n) is 6.65. The zero-order chi connectivity index (χ0) is 26.7. The van der Waals surface area contributed by atoms with Crippen molar-refractivity contribution in [3.8, 4) is 0 Å². The van der Waals surface area contributed by atoms with Crippen molar-refractivity contribution in [3.63, 3.8) is 0 Å². The maximum atomic E-state index is 14.4. The van der Waals surface area contributed by atoms with Gasteiger partial charge in [-0.3, -0.25) is 14.4 Å². The fraction of sp³-hybridized carbons (Fsp3) is 0.536. The maximum absolute atomic E-state index is 14.4. The summed E-state index contributed by atoms with van der Waals surface area (Å²) in [5.41, 5.74) is -1.72. The Kier molecular flexibility index (Phi) is 6.49. The monoisotopic (exact) mass is 527 g/mol. The van der Waals surface area contributed by atoms with Gasteiger partial charge in [0.05, 0.1) is 30.1 Å². The van der Waals surface area contributed by atoms with Crippen LogP contribution in [0.2, 0.25) is 5.02 Å². The molecule has 1 spiro atoms. The molecule has 9 heteroatoms. The maximum Gasteiger partial charge on any atom is 0.253 e. The van der Waals surface area contributed by atoms with E-state index in [1.165, 1.54) is 4.90 Å². The lowest BCUT2D eigenvalue weighted by Gasteiger charge is -2.41. The van der Waals surface area contributed by atoms with Crippen LogP contribution in [0.25, 0.3) is 0 Å². The van der Waals surface area contributed by atoms with Gasteiger partial charge in [-0.25, -0.2) is 0 Å². The Balaban J connectivity index is 1.71. The zero-order valence-electron chi connectivity index (χ0n) is 21.6. The largest absolute Gasteiger partial charge is 0.394 e. The summed E-state index contributed by atoms with van der Waals surface area (Å²) >= 11 is 6.10. The quantitative estimate of drug-likeness (QED) is 0.595. The van der Waals surface area contributed by atoms with E-state index in [0.29, 0.717) is 23.7 Å². The summed E-state index contributed by atoms with van der Waals surface area (Å²) in [6, 6.07) is 5.32. The number of aliphatic hydroxyl groups is 1. The molecular weight excluding hydrogens is 494 g/mol. The van der Waals surface area contributed by atoms with Crippen LogP contribution >= 0.6 is 11.6 Å². The van der Waals surface area contributed by atoms with Gasteiger partial charge in [-0.1, -0.05) is 56.7 Å². The number of likely N-dealkylation sites (tertiary alicyclic amines) is 1. The second kappa shape index (κ2) is 9.26. The van der Waals surface area contributed by atoms with Gasteiger partial charge in [-0.15, -0.1) is 0 Å². The van der Waals surface area contributed by atoms with Crippen LogP contribution in [0.1, 0.15) is 27.2 Å². The van der Waals surface area contributed by atoms with Gasteiger partial charge < -0.3 is 24.5 Å². The fourth-order valence-corrected chi connectivity index (χ4v) is 6.78. The van der Waals surface area contributed by atoms with Gasteiger partial charge in [0.2, 0.25) is 11.8 Å². The molecule has 4 aliphatic heterocycles. The third-order valence-corrected chi connectivity index (χ3v) is 8.78. The highest BCUT2D eigenvalue weighted by molar-refractivity contribution is 6.30. The molecule has 5 rings (SSSR count). The second-order valence-corrected chi connectivity index (χ2v) is 11.2. The van der Waals surface area contributed by atoms with Crippen molar-refractivity contribution in [1.29, 1.82) is 0 Å². The van der Waals surface area contributed by atoms with Crippen LogP contribution < -0.4 is 4.90 Å². The molecule has 8 nitrogen and oxygen atoms in total. The normalized spacial score (nSPS) is 34.0. The number of ether oxygens (including phenoxy) is 1. The van der Waals surface area contributed by atoms with Crippen LogP contribution in [0.15, 0.2) is 48.6 Å². The molecule has 2 fully saturated rings. The van der Waals surface area contributed by atoms with Gasteiger partial charge >= 0.3 is 0 Å². The number of halogens is 1. The number of benzene rings is 1. The molecule has 1 unspecified atom stereocenters. The Morgan fingerprint density at radius 1 is 1.03 bits per heavy atom. The first kappa shape index (κ1) is 25.9. The summed E-state index contributed by atoms with van der Waals surface area (Å²) in [5.74, 6) is -2.62. The number of carbonyl (C=O) groups excluding carboxylic acids is 3. The molecule has 0 aliphatic carbocycles. The smallest absolute Gasteiger partial charge is 0.253 e. The molecule has 4 aliphatic rings. The van der Waals surface area contributed by atoms with E-state index in [1.54, 1.807) is 41.1 Å². The van der Waals surface area contributed by atoms with Gasteiger partial charge in [0.25, 0.3) is 5.91 Å². The van der Waals surface area contributed by atoms with E-state index in [9.17, 15) is 19.5 Å². The summed E-state index contributed by atoms with van der Waals surface area (Å²) in [6.07, 6.45) is 7.97. The first-order valence-corrected chi connectivity index (χ1v) is 13.3. The van der Waals surface area contributed by atoms with Gasteiger partial charge in [0.1, 0.15) is 11.6 Å². The number of fused-ring (bicyclic) bond motifs is 2. The number of nitrogens with zero attached hydrogens (tertiary/aromatic N) is 3. The number of aliphatic hydroxyl groups excluding tert-OH is 1. The number of rotatable bonds is 5. The highest BCUT2D eigenvalue weighted by atomic mass is 35.5. The molecule has 1 N–H and O–H groups in total. The lowest BCUT2D eigenvalue weighted by atomic mass is 9.73. The van der Waals surface area contributed by atoms with Crippen molar-refractivity contribution >= 4 is 35.0 Å². The Morgan fingerprint density at radius 2 is 1.70 bits per heavy atom.